The molecule has 3 heteroatoms. The van der Waals surface area contributed by atoms with Crippen LogP contribution in [0, 0.1) is 5.92 Å². The van der Waals surface area contributed by atoms with E-state index < -0.39 is 0 Å². The van der Waals surface area contributed by atoms with Crippen molar-refractivity contribution in [3.8, 4) is 0 Å². The Morgan fingerprint density at radius 3 is 2.65 bits per heavy atom. The van der Waals surface area contributed by atoms with Crippen LogP contribution < -0.4 is 5.32 Å². The minimum atomic E-state index is -0.212. The van der Waals surface area contributed by atoms with Gasteiger partial charge in [0.15, 0.2) is 0 Å². The van der Waals surface area contributed by atoms with Crippen molar-refractivity contribution in [2.24, 2.45) is 5.92 Å². The van der Waals surface area contributed by atoms with Gasteiger partial charge in [-0.25, -0.2) is 0 Å². The third kappa shape index (κ3) is 7.32. The molecule has 17 heavy (non-hydrogen) atoms. The van der Waals surface area contributed by atoms with E-state index in [1.54, 1.807) is 0 Å². The predicted molar refractivity (Wildman–Crippen MR) is 77.6 cm³/mol. The molecule has 0 aliphatic heterocycles. The van der Waals surface area contributed by atoms with Crippen LogP contribution >= 0.6 is 11.8 Å². The molecule has 3 atom stereocenters. The lowest BCUT2D eigenvalue weighted by Gasteiger charge is -2.27. The lowest BCUT2D eigenvalue weighted by atomic mass is 9.91. The molecule has 0 saturated heterocycles. The summed E-state index contributed by atoms with van der Waals surface area (Å²) in [4.78, 5) is 0. The van der Waals surface area contributed by atoms with Gasteiger partial charge in [-0.3, -0.25) is 0 Å². The fourth-order valence-corrected chi connectivity index (χ4v) is 3.67. The maximum Gasteiger partial charge on any atom is 0.0755 e. The Hall–Kier alpha value is 0.270. The van der Waals surface area contributed by atoms with Crippen LogP contribution in [-0.2, 0) is 0 Å². The zero-order valence-electron chi connectivity index (χ0n) is 11.8. The highest BCUT2D eigenvalue weighted by Crippen LogP contribution is 2.32. The Labute approximate surface area is 111 Å². The van der Waals surface area contributed by atoms with E-state index in [-0.39, 0.29) is 11.6 Å². The van der Waals surface area contributed by atoms with Crippen LogP contribution in [-0.4, -0.2) is 34.3 Å². The Morgan fingerprint density at radius 2 is 2.06 bits per heavy atom. The van der Waals surface area contributed by atoms with Crippen LogP contribution in [0.5, 0.6) is 0 Å². The topological polar surface area (TPSA) is 32.3 Å². The Morgan fingerprint density at radius 1 is 1.35 bits per heavy atom. The number of β-amino-alcohol motifs (C(OH)–C–C–N with tert-alkyl or cyclic N) is 1. The van der Waals surface area contributed by atoms with E-state index >= 15 is 0 Å². The molecule has 102 valence electrons. The first-order valence-electron chi connectivity index (χ1n) is 6.91. The van der Waals surface area contributed by atoms with Gasteiger partial charge in [0, 0.05) is 23.1 Å². The SMILES string of the molecule is CC1CCCC(SCC(O)CNC(C)(C)C)C1. The number of aliphatic hydroxyl groups excluding tert-OH is 1. The minimum Gasteiger partial charge on any atom is -0.391 e. The van der Waals surface area contributed by atoms with Gasteiger partial charge in [0.25, 0.3) is 0 Å². The van der Waals surface area contributed by atoms with Crippen molar-refractivity contribution in [2.45, 2.75) is 70.3 Å². The number of nitrogens with one attached hydrogen (secondary N) is 1. The molecule has 0 amide bonds. The van der Waals surface area contributed by atoms with E-state index in [0.717, 1.165) is 16.9 Å². The number of hydrogen-bond donors (Lipinski definition) is 2. The molecule has 1 fully saturated rings. The molecule has 1 aliphatic rings. The molecular weight excluding hydrogens is 230 g/mol. The molecular formula is C14H29NOS. The molecule has 0 heterocycles. The van der Waals surface area contributed by atoms with Gasteiger partial charge in [-0.15, -0.1) is 0 Å². The molecule has 0 aromatic carbocycles. The largest absolute Gasteiger partial charge is 0.391 e. The maximum atomic E-state index is 9.93. The van der Waals surface area contributed by atoms with Gasteiger partial charge in [-0.2, -0.15) is 11.8 Å². The molecule has 0 aromatic heterocycles. The first kappa shape index (κ1) is 15.3. The van der Waals surface area contributed by atoms with E-state index in [1.807, 2.05) is 11.8 Å². The number of hydrogen-bond acceptors (Lipinski definition) is 3. The van der Waals surface area contributed by atoms with Gasteiger partial charge in [-0.1, -0.05) is 19.8 Å². The van der Waals surface area contributed by atoms with E-state index in [9.17, 15) is 5.11 Å². The van der Waals surface area contributed by atoms with E-state index in [0.29, 0.717) is 6.54 Å². The van der Waals surface area contributed by atoms with Gasteiger partial charge in [0.2, 0.25) is 0 Å². The Kier molecular flexibility index (Phi) is 6.32. The monoisotopic (exact) mass is 259 g/mol. The molecule has 0 aromatic rings. The molecule has 0 bridgehead atoms. The van der Waals surface area contributed by atoms with Crippen molar-refractivity contribution in [3.05, 3.63) is 0 Å². The van der Waals surface area contributed by atoms with E-state index in [1.165, 1.54) is 25.7 Å². The summed E-state index contributed by atoms with van der Waals surface area (Å²) in [6.45, 7) is 9.46. The predicted octanol–water partition coefficient (Wildman–Crippen LogP) is 3.05. The first-order chi connectivity index (χ1) is 7.87. The second-order valence-corrected chi connectivity index (χ2v) is 7.85. The number of thioether (sulfide) groups is 1. The van der Waals surface area contributed by atoms with Crippen molar-refractivity contribution in [2.75, 3.05) is 12.3 Å². The van der Waals surface area contributed by atoms with Crippen LogP contribution in [0.1, 0.15) is 53.4 Å². The van der Waals surface area contributed by atoms with Crippen LogP contribution in [0.15, 0.2) is 0 Å². The van der Waals surface area contributed by atoms with Crippen LogP contribution in [0.2, 0.25) is 0 Å². The van der Waals surface area contributed by atoms with Gasteiger partial charge >= 0.3 is 0 Å². The fourth-order valence-electron chi connectivity index (χ4n) is 2.26. The summed E-state index contributed by atoms with van der Waals surface area (Å²) >= 11 is 1.97. The summed E-state index contributed by atoms with van der Waals surface area (Å²) in [5.74, 6) is 1.76. The highest BCUT2D eigenvalue weighted by atomic mass is 32.2. The second kappa shape index (κ2) is 7.01. The molecule has 2 N–H and O–H groups in total. The van der Waals surface area contributed by atoms with E-state index in [4.69, 9.17) is 0 Å². The number of rotatable bonds is 5. The van der Waals surface area contributed by atoms with Crippen molar-refractivity contribution in [3.63, 3.8) is 0 Å². The van der Waals surface area contributed by atoms with Gasteiger partial charge < -0.3 is 10.4 Å². The quantitative estimate of drug-likeness (QED) is 0.796. The Bertz CT molecular complexity index is 215. The molecule has 0 radical (unpaired) electrons. The maximum absolute atomic E-state index is 9.93. The zero-order chi connectivity index (χ0) is 12.9. The second-order valence-electron chi connectivity index (χ2n) is 6.51. The van der Waals surface area contributed by atoms with E-state index in [2.05, 4.69) is 33.0 Å². The average Bonchev–Trinajstić information content (AvgIpc) is 2.23. The lowest BCUT2D eigenvalue weighted by molar-refractivity contribution is 0.183. The molecule has 2 nitrogen and oxygen atoms in total. The molecule has 1 saturated carbocycles. The Balaban J connectivity index is 2.12. The summed E-state index contributed by atoms with van der Waals surface area (Å²) in [7, 11) is 0. The molecule has 0 spiro atoms. The molecule has 1 aliphatic carbocycles. The summed E-state index contributed by atoms with van der Waals surface area (Å²) in [5, 5.41) is 14.1. The van der Waals surface area contributed by atoms with Crippen molar-refractivity contribution >= 4 is 11.8 Å². The zero-order valence-corrected chi connectivity index (χ0v) is 12.6. The summed E-state index contributed by atoms with van der Waals surface area (Å²) < 4.78 is 0. The minimum absolute atomic E-state index is 0.102. The standard InChI is InChI=1S/C14H29NOS/c1-11-6-5-7-13(8-11)17-10-12(16)9-15-14(2,3)4/h11-13,15-16H,5-10H2,1-4H3. The first-order valence-corrected chi connectivity index (χ1v) is 7.96. The third-order valence-corrected chi connectivity index (χ3v) is 4.76. The van der Waals surface area contributed by atoms with Gasteiger partial charge in [-0.05, 0) is 39.5 Å². The third-order valence-electron chi connectivity index (χ3n) is 3.28. The van der Waals surface area contributed by atoms with Crippen molar-refractivity contribution < 1.29 is 5.11 Å². The van der Waals surface area contributed by atoms with Crippen LogP contribution in [0.3, 0.4) is 0 Å². The van der Waals surface area contributed by atoms with Crippen molar-refractivity contribution in [1.29, 1.82) is 0 Å². The highest BCUT2D eigenvalue weighted by Gasteiger charge is 2.20. The van der Waals surface area contributed by atoms with Gasteiger partial charge in [0.05, 0.1) is 6.10 Å². The van der Waals surface area contributed by atoms with Crippen molar-refractivity contribution in [1.82, 2.24) is 5.32 Å². The van der Waals surface area contributed by atoms with Crippen LogP contribution in [0.25, 0.3) is 0 Å². The lowest BCUT2D eigenvalue weighted by Crippen LogP contribution is -2.41. The molecule has 1 rings (SSSR count). The summed E-state index contributed by atoms with van der Waals surface area (Å²) in [6.07, 6.45) is 5.23. The summed E-state index contributed by atoms with van der Waals surface area (Å²) in [5.41, 5.74) is 0.102. The fraction of sp³-hybridized carbons (Fsp3) is 1.00. The number of aliphatic hydroxyl groups is 1. The van der Waals surface area contributed by atoms with Crippen LogP contribution in [0.4, 0.5) is 0 Å². The van der Waals surface area contributed by atoms with Gasteiger partial charge in [0.1, 0.15) is 0 Å². The average molecular weight is 259 g/mol. The summed E-state index contributed by atoms with van der Waals surface area (Å²) in [6, 6.07) is 0. The smallest absolute Gasteiger partial charge is 0.0755 e. The highest BCUT2D eigenvalue weighted by molar-refractivity contribution is 7.99. The normalized spacial score (nSPS) is 28.1. The molecule has 3 unspecified atom stereocenters.